The van der Waals surface area contributed by atoms with Gasteiger partial charge in [-0.2, -0.15) is 0 Å². The molecule has 0 saturated carbocycles. The summed E-state index contributed by atoms with van der Waals surface area (Å²) in [5.41, 5.74) is 0. The molecule has 0 spiro atoms. The van der Waals surface area contributed by atoms with E-state index in [1.807, 2.05) is 0 Å². The van der Waals surface area contributed by atoms with Crippen molar-refractivity contribution in [3.63, 3.8) is 0 Å². The van der Waals surface area contributed by atoms with Gasteiger partial charge in [0.05, 0.1) is 0 Å². The fourth-order valence-electron chi connectivity index (χ4n) is 2.99. The number of hydrogen-bond acceptors (Lipinski definition) is 3. The zero-order chi connectivity index (χ0) is 11.4. The van der Waals surface area contributed by atoms with Crippen molar-refractivity contribution >= 4 is 0 Å². The molecule has 2 aliphatic rings. The van der Waals surface area contributed by atoms with Gasteiger partial charge in [0.15, 0.2) is 0 Å². The molecule has 0 radical (unpaired) electrons. The van der Waals surface area contributed by atoms with Crippen LogP contribution in [0.4, 0.5) is 0 Å². The van der Waals surface area contributed by atoms with Crippen LogP contribution in [0.25, 0.3) is 0 Å². The Kier molecular flexibility index (Phi) is 4.62. The summed E-state index contributed by atoms with van der Waals surface area (Å²) in [7, 11) is 0. The maximum atomic E-state index is 5.45. The molecule has 2 atom stereocenters. The molecule has 16 heavy (non-hydrogen) atoms. The molecular formula is C13H26N2O. The minimum absolute atomic E-state index is 0.728. The van der Waals surface area contributed by atoms with E-state index in [0.717, 1.165) is 37.6 Å². The van der Waals surface area contributed by atoms with Crippen LogP contribution in [0, 0.1) is 11.8 Å². The maximum absolute atomic E-state index is 5.45. The molecule has 1 N–H and O–H groups in total. The van der Waals surface area contributed by atoms with Gasteiger partial charge in [-0.15, -0.1) is 0 Å². The molecule has 2 rings (SSSR count). The van der Waals surface area contributed by atoms with Crippen LogP contribution < -0.4 is 5.32 Å². The Morgan fingerprint density at radius 2 is 2.06 bits per heavy atom. The van der Waals surface area contributed by atoms with Crippen molar-refractivity contribution < 1.29 is 4.74 Å². The van der Waals surface area contributed by atoms with Gasteiger partial charge in [-0.3, -0.25) is 4.90 Å². The minimum Gasteiger partial charge on any atom is -0.381 e. The second-order valence-corrected chi connectivity index (χ2v) is 5.49. The van der Waals surface area contributed by atoms with Crippen LogP contribution in [0.2, 0.25) is 0 Å². The van der Waals surface area contributed by atoms with Crippen LogP contribution in [0.1, 0.15) is 26.7 Å². The first-order valence-corrected chi connectivity index (χ1v) is 6.80. The Bertz CT molecular complexity index is 204. The van der Waals surface area contributed by atoms with Gasteiger partial charge in [-0.1, -0.05) is 6.92 Å². The first-order valence-electron chi connectivity index (χ1n) is 6.80. The molecule has 2 saturated heterocycles. The largest absolute Gasteiger partial charge is 0.381 e. The van der Waals surface area contributed by atoms with Crippen LogP contribution >= 0.6 is 0 Å². The van der Waals surface area contributed by atoms with Gasteiger partial charge in [0.25, 0.3) is 0 Å². The highest BCUT2D eigenvalue weighted by atomic mass is 16.5. The highest BCUT2D eigenvalue weighted by Gasteiger charge is 2.27. The summed E-state index contributed by atoms with van der Waals surface area (Å²) in [6, 6.07) is 0.728. The predicted octanol–water partition coefficient (Wildman–Crippen LogP) is 1.34. The smallest absolute Gasteiger partial charge is 0.0469 e. The molecule has 0 bridgehead atoms. The third-order valence-corrected chi connectivity index (χ3v) is 4.14. The van der Waals surface area contributed by atoms with E-state index in [1.54, 1.807) is 0 Å². The van der Waals surface area contributed by atoms with Crippen molar-refractivity contribution in [2.75, 3.05) is 39.4 Å². The van der Waals surface area contributed by atoms with Gasteiger partial charge < -0.3 is 10.1 Å². The second-order valence-electron chi connectivity index (χ2n) is 5.49. The van der Waals surface area contributed by atoms with E-state index in [1.165, 1.54) is 32.5 Å². The maximum Gasteiger partial charge on any atom is 0.0469 e. The molecular weight excluding hydrogens is 200 g/mol. The normalized spacial score (nSPS) is 32.2. The highest BCUT2D eigenvalue weighted by molar-refractivity contribution is 4.81. The van der Waals surface area contributed by atoms with Crippen LogP contribution in [0.3, 0.4) is 0 Å². The van der Waals surface area contributed by atoms with Gasteiger partial charge in [0, 0.05) is 38.9 Å². The summed E-state index contributed by atoms with van der Waals surface area (Å²) in [6.07, 6.45) is 2.50. The van der Waals surface area contributed by atoms with Crippen molar-refractivity contribution in [2.24, 2.45) is 11.8 Å². The first kappa shape index (κ1) is 12.3. The van der Waals surface area contributed by atoms with Gasteiger partial charge >= 0.3 is 0 Å². The van der Waals surface area contributed by atoms with Crippen molar-refractivity contribution in [1.29, 1.82) is 0 Å². The molecule has 0 aromatic carbocycles. The van der Waals surface area contributed by atoms with Crippen molar-refractivity contribution in [2.45, 2.75) is 32.7 Å². The Balaban J connectivity index is 1.88. The van der Waals surface area contributed by atoms with Crippen LogP contribution in [0.15, 0.2) is 0 Å². The summed E-state index contributed by atoms with van der Waals surface area (Å²) in [5.74, 6) is 1.63. The lowest BCUT2D eigenvalue weighted by atomic mass is 9.91. The van der Waals surface area contributed by atoms with Crippen LogP contribution in [-0.4, -0.2) is 50.3 Å². The topological polar surface area (TPSA) is 24.5 Å². The Hall–Kier alpha value is -0.120. The van der Waals surface area contributed by atoms with Gasteiger partial charge in [0.2, 0.25) is 0 Å². The quantitative estimate of drug-likeness (QED) is 0.769. The van der Waals surface area contributed by atoms with Gasteiger partial charge in [0.1, 0.15) is 0 Å². The van der Waals surface area contributed by atoms with E-state index in [2.05, 4.69) is 24.1 Å². The van der Waals surface area contributed by atoms with E-state index in [-0.39, 0.29) is 0 Å². The fourth-order valence-corrected chi connectivity index (χ4v) is 2.99. The summed E-state index contributed by atoms with van der Waals surface area (Å²) < 4.78 is 5.45. The number of ether oxygens (including phenoxy) is 1. The molecule has 3 heteroatoms. The van der Waals surface area contributed by atoms with Crippen molar-refractivity contribution in [1.82, 2.24) is 10.2 Å². The van der Waals surface area contributed by atoms with E-state index in [4.69, 9.17) is 4.74 Å². The van der Waals surface area contributed by atoms with Crippen LogP contribution in [0.5, 0.6) is 0 Å². The lowest BCUT2D eigenvalue weighted by Crippen LogP contribution is -2.43. The number of nitrogens with zero attached hydrogens (tertiary/aromatic N) is 1. The Morgan fingerprint density at radius 1 is 1.31 bits per heavy atom. The lowest BCUT2D eigenvalue weighted by Gasteiger charge is -2.36. The molecule has 94 valence electrons. The third kappa shape index (κ3) is 3.19. The molecule has 2 heterocycles. The third-order valence-electron chi connectivity index (χ3n) is 4.14. The predicted molar refractivity (Wildman–Crippen MR) is 66.6 cm³/mol. The second kappa shape index (κ2) is 5.99. The van der Waals surface area contributed by atoms with Crippen molar-refractivity contribution in [3.05, 3.63) is 0 Å². The fraction of sp³-hybridized carbons (Fsp3) is 1.00. The van der Waals surface area contributed by atoms with E-state index in [0.29, 0.717) is 0 Å². The molecule has 2 fully saturated rings. The lowest BCUT2D eigenvalue weighted by molar-refractivity contribution is 0.0294. The Labute approximate surface area is 99.5 Å². The summed E-state index contributed by atoms with van der Waals surface area (Å²) in [6.45, 7) is 11.5. The highest BCUT2D eigenvalue weighted by Crippen LogP contribution is 2.23. The number of nitrogens with one attached hydrogen (secondary N) is 1. The van der Waals surface area contributed by atoms with Crippen molar-refractivity contribution in [3.8, 4) is 0 Å². The van der Waals surface area contributed by atoms with E-state index < -0.39 is 0 Å². The molecule has 0 aliphatic carbocycles. The van der Waals surface area contributed by atoms with Crippen LogP contribution in [-0.2, 0) is 4.74 Å². The van der Waals surface area contributed by atoms with Gasteiger partial charge in [-0.05, 0) is 38.1 Å². The molecule has 3 nitrogen and oxygen atoms in total. The SMILES string of the molecule is CC1CNCCN(C(C)C2CCOCC2)C1. The molecule has 2 unspecified atom stereocenters. The summed E-state index contributed by atoms with van der Waals surface area (Å²) >= 11 is 0. The molecule has 0 amide bonds. The molecule has 0 aromatic rings. The zero-order valence-electron chi connectivity index (χ0n) is 10.7. The average Bonchev–Trinajstić information content (AvgIpc) is 2.54. The molecule has 2 aliphatic heterocycles. The standard InChI is InChI=1S/C13H26N2O/c1-11-9-14-5-6-15(10-11)12(2)13-3-7-16-8-4-13/h11-14H,3-10H2,1-2H3. The number of hydrogen-bond donors (Lipinski definition) is 1. The summed E-state index contributed by atoms with van der Waals surface area (Å²) in [4.78, 5) is 2.68. The summed E-state index contributed by atoms with van der Waals surface area (Å²) in [5, 5.41) is 3.52. The molecule has 0 aromatic heterocycles. The first-order chi connectivity index (χ1) is 7.77. The average molecular weight is 226 g/mol. The van der Waals surface area contributed by atoms with E-state index in [9.17, 15) is 0 Å². The van der Waals surface area contributed by atoms with Gasteiger partial charge in [-0.25, -0.2) is 0 Å². The monoisotopic (exact) mass is 226 g/mol. The zero-order valence-corrected chi connectivity index (χ0v) is 10.7. The Morgan fingerprint density at radius 3 is 2.81 bits per heavy atom. The number of rotatable bonds is 2. The van der Waals surface area contributed by atoms with E-state index >= 15 is 0 Å². The minimum atomic E-state index is 0.728.